The maximum absolute atomic E-state index is 9.73. The number of hydrogen-bond donors (Lipinski definition) is 1. The van der Waals surface area contributed by atoms with Crippen molar-refractivity contribution < 1.29 is 5.11 Å². The largest absolute Gasteiger partial charge is 0.393 e. The van der Waals surface area contributed by atoms with Crippen molar-refractivity contribution in [1.29, 1.82) is 5.26 Å². The first kappa shape index (κ1) is 10.5. The zero-order chi connectivity index (χ0) is 11.8. The van der Waals surface area contributed by atoms with Crippen molar-refractivity contribution in [2.75, 3.05) is 4.90 Å². The van der Waals surface area contributed by atoms with Crippen molar-refractivity contribution in [3.05, 3.63) is 18.1 Å². The van der Waals surface area contributed by atoms with Gasteiger partial charge in [-0.3, -0.25) is 0 Å². The van der Waals surface area contributed by atoms with Crippen LogP contribution in [0.15, 0.2) is 12.4 Å². The Bertz CT molecular complexity index is 439. The van der Waals surface area contributed by atoms with E-state index < -0.39 is 0 Å². The van der Waals surface area contributed by atoms with Crippen LogP contribution in [0.1, 0.15) is 31.4 Å². The standard InChI is InChI=1S/C12H14N4O/c13-5-8-6-15-12(7-14-8)16-9-1-2-10(16)4-11(17)3-9/h6-7,9-11,17H,1-4H2. The van der Waals surface area contributed by atoms with Crippen molar-refractivity contribution in [3.8, 4) is 6.07 Å². The topological polar surface area (TPSA) is 73.0 Å². The number of fused-ring (bicyclic) bond motifs is 2. The lowest BCUT2D eigenvalue weighted by molar-refractivity contribution is 0.126. The van der Waals surface area contributed by atoms with Gasteiger partial charge in [0.1, 0.15) is 11.9 Å². The Morgan fingerprint density at radius 2 is 1.94 bits per heavy atom. The van der Waals surface area contributed by atoms with Gasteiger partial charge >= 0.3 is 0 Å². The minimum Gasteiger partial charge on any atom is -0.393 e. The van der Waals surface area contributed by atoms with Gasteiger partial charge in [-0.15, -0.1) is 0 Å². The second kappa shape index (κ2) is 3.97. The molecule has 2 atom stereocenters. The van der Waals surface area contributed by atoms with Crippen molar-refractivity contribution >= 4 is 5.82 Å². The second-order valence-corrected chi connectivity index (χ2v) is 4.79. The van der Waals surface area contributed by atoms with E-state index in [0.717, 1.165) is 31.5 Å². The molecule has 3 rings (SSSR count). The molecule has 2 unspecified atom stereocenters. The van der Waals surface area contributed by atoms with Gasteiger partial charge in [-0.25, -0.2) is 9.97 Å². The predicted molar refractivity (Wildman–Crippen MR) is 61.3 cm³/mol. The molecule has 0 spiro atoms. The third kappa shape index (κ3) is 1.75. The SMILES string of the molecule is N#Cc1cnc(N2C3CCC2CC(O)C3)cn1. The maximum atomic E-state index is 9.73. The Balaban J connectivity index is 1.87. The van der Waals surface area contributed by atoms with E-state index >= 15 is 0 Å². The summed E-state index contributed by atoms with van der Waals surface area (Å²) in [6, 6.07) is 2.73. The molecule has 5 heteroatoms. The van der Waals surface area contributed by atoms with E-state index in [0.29, 0.717) is 17.8 Å². The van der Waals surface area contributed by atoms with Gasteiger partial charge in [0.05, 0.1) is 18.5 Å². The first-order chi connectivity index (χ1) is 8.28. The molecule has 0 aliphatic carbocycles. The molecule has 2 aliphatic rings. The van der Waals surface area contributed by atoms with Gasteiger partial charge in [0.2, 0.25) is 0 Å². The van der Waals surface area contributed by atoms with Crippen LogP contribution >= 0.6 is 0 Å². The van der Waals surface area contributed by atoms with Crippen molar-refractivity contribution in [2.24, 2.45) is 0 Å². The highest BCUT2D eigenvalue weighted by Crippen LogP contribution is 2.38. The highest BCUT2D eigenvalue weighted by molar-refractivity contribution is 5.42. The van der Waals surface area contributed by atoms with Gasteiger partial charge in [0.25, 0.3) is 0 Å². The average Bonchev–Trinajstić information content (AvgIpc) is 2.62. The lowest BCUT2D eigenvalue weighted by Gasteiger charge is -2.37. The summed E-state index contributed by atoms with van der Waals surface area (Å²) in [5.74, 6) is 0.836. The number of anilines is 1. The average molecular weight is 230 g/mol. The van der Waals surface area contributed by atoms with Gasteiger partial charge in [-0.2, -0.15) is 5.26 Å². The molecule has 2 saturated heterocycles. The van der Waals surface area contributed by atoms with Crippen LogP contribution in [0, 0.1) is 11.3 Å². The van der Waals surface area contributed by atoms with Gasteiger partial charge in [0.15, 0.2) is 5.69 Å². The van der Waals surface area contributed by atoms with Crippen LogP contribution in [0.25, 0.3) is 0 Å². The number of aromatic nitrogens is 2. The van der Waals surface area contributed by atoms with E-state index in [4.69, 9.17) is 5.26 Å². The van der Waals surface area contributed by atoms with Crippen LogP contribution in [0.4, 0.5) is 5.82 Å². The fourth-order valence-corrected chi connectivity index (χ4v) is 3.03. The lowest BCUT2D eigenvalue weighted by atomic mass is 10.0. The number of nitriles is 1. The first-order valence-corrected chi connectivity index (χ1v) is 5.96. The molecule has 5 nitrogen and oxygen atoms in total. The first-order valence-electron chi connectivity index (χ1n) is 5.96. The normalized spacial score (nSPS) is 31.3. The third-order valence-electron chi connectivity index (χ3n) is 3.73. The molecule has 2 aliphatic heterocycles. The molecular formula is C12H14N4O. The molecule has 0 radical (unpaired) electrons. The van der Waals surface area contributed by atoms with Gasteiger partial charge in [-0.05, 0) is 25.7 Å². The summed E-state index contributed by atoms with van der Waals surface area (Å²) in [4.78, 5) is 10.6. The van der Waals surface area contributed by atoms with E-state index in [1.807, 2.05) is 6.07 Å². The number of rotatable bonds is 1. The van der Waals surface area contributed by atoms with Gasteiger partial charge in [0, 0.05) is 12.1 Å². The summed E-state index contributed by atoms with van der Waals surface area (Å²) in [5.41, 5.74) is 0.346. The number of nitrogens with zero attached hydrogens (tertiary/aromatic N) is 4. The Morgan fingerprint density at radius 3 is 2.47 bits per heavy atom. The molecular weight excluding hydrogens is 216 g/mol. The molecule has 0 aromatic carbocycles. The van der Waals surface area contributed by atoms with Crippen LogP contribution in [0.2, 0.25) is 0 Å². The van der Waals surface area contributed by atoms with Crippen LogP contribution in [0.3, 0.4) is 0 Å². The quantitative estimate of drug-likeness (QED) is 0.774. The zero-order valence-corrected chi connectivity index (χ0v) is 9.45. The minimum atomic E-state index is -0.171. The molecule has 3 heterocycles. The molecule has 1 N–H and O–H groups in total. The third-order valence-corrected chi connectivity index (χ3v) is 3.73. The Hall–Kier alpha value is -1.67. The molecule has 0 amide bonds. The monoisotopic (exact) mass is 230 g/mol. The van der Waals surface area contributed by atoms with E-state index in [2.05, 4.69) is 14.9 Å². The summed E-state index contributed by atoms with van der Waals surface area (Å²) in [7, 11) is 0. The Labute approximate surface area is 99.7 Å². The van der Waals surface area contributed by atoms with Crippen LogP contribution in [-0.4, -0.2) is 33.3 Å². The minimum absolute atomic E-state index is 0.171. The molecule has 1 aromatic heterocycles. The number of piperidine rings is 1. The van der Waals surface area contributed by atoms with E-state index in [1.54, 1.807) is 6.20 Å². The zero-order valence-electron chi connectivity index (χ0n) is 9.45. The van der Waals surface area contributed by atoms with E-state index in [9.17, 15) is 5.11 Å². The van der Waals surface area contributed by atoms with E-state index in [1.165, 1.54) is 6.20 Å². The molecule has 0 saturated carbocycles. The molecule has 88 valence electrons. The van der Waals surface area contributed by atoms with Crippen LogP contribution in [-0.2, 0) is 0 Å². The van der Waals surface area contributed by atoms with Crippen LogP contribution in [0.5, 0.6) is 0 Å². The Kier molecular flexibility index (Phi) is 2.45. The highest BCUT2D eigenvalue weighted by atomic mass is 16.3. The predicted octanol–water partition coefficient (Wildman–Crippen LogP) is 0.840. The summed E-state index contributed by atoms with van der Waals surface area (Å²) in [6.45, 7) is 0. The van der Waals surface area contributed by atoms with Crippen LogP contribution < -0.4 is 4.90 Å². The second-order valence-electron chi connectivity index (χ2n) is 4.79. The van der Waals surface area contributed by atoms with Gasteiger partial charge < -0.3 is 10.0 Å². The van der Waals surface area contributed by atoms with E-state index in [-0.39, 0.29) is 6.10 Å². The molecule has 1 aromatic rings. The summed E-state index contributed by atoms with van der Waals surface area (Å²) < 4.78 is 0. The summed E-state index contributed by atoms with van der Waals surface area (Å²) in [5, 5.41) is 18.4. The number of aliphatic hydroxyl groups is 1. The Morgan fingerprint density at radius 1 is 1.24 bits per heavy atom. The smallest absolute Gasteiger partial charge is 0.158 e. The lowest BCUT2D eigenvalue weighted by Crippen LogP contribution is -2.45. The van der Waals surface area contributed by atoms with Gasteiger partial charge in [-0.1, -0.05) is 0 Å². The summed E-state index contributed by atoms with van der Waals surface area (Å²) in [6.07, 6.45) is 6.87. The fraction of sp³-hybridized carbons (Fsp3) is 0.583. The fourth-order valence-electron chi connectivity index (χ4n) is 3.03. The molecule has 17 heavy (non-hydrogen) atoms. The van der Waals surface area contributed by atoms with Crippen molar-refractivity contribution in [2.45, 2.75) is 43.9 Å². The molecule has 2 bridgehead atoms. The van der Waals surface area contributed by atoms with Crippen molar-refractivity contribution in [1.82, 2.24) is 9.97 Å². The number of hydrogen-bond acceptors (Lipinski definition) is 5. The summed E-state index contributed by atoms with van der Waals surface area (Å²) >= 11 is 0. The number of aliphatic hydroxyl groups excluding tert-OH is 1. The highest BCUT2D eigenvalue weighted by Gasteiger charge is 2.40. The maximum Gasteiger partial charge on any atom is 0.158 e. The van der Waals surface area contributed by atoms with Crippen molar-refractivity contribution in [3.63, 3.8) is 0 Å². The molecule has 2 fully saturated rings.